The molecule has 0 saturated carbocycles. The zero-order valence-corrected chi connectivity index (χ0v) is 18.7. The van der Waals surface area contributed by atoms with E-state index in [-0.39, 0.29) is 24.9 Å². The molecule has 0 aliphatic carbocycles. The van der Waals surface area contributed by atoms with Crippen molar-refractivity contribution in [2.24, 2.45) is 0 Å². The summed E-state index contributed by atoms with van der Waals surface area (Å²) >= 11 is 0. The van der Waals surface area contributed by atoms with Crippen LogP contribution in [0.5, 0.6) is 0 Å². The van der Waals surface area contributed by atoms with Crippen molar-refractivity contribution in [3.05, 3.63) is 33.1 Å². The summed E-state index contributed by atoms with van der Waals surface area (Å²) in [5.41, 5.74) is -1.12. The average Bonchev–Trinajstić information content (AvgIpc) is 2.60. The Hall–Kier alpha value is -1.30. The number of nitrogens with one attached hydrogen (secondary N) is 1. The van der Waals surface area contributed by atoms with Crippen LogP contribution in [0.4, 0.5) is 0 Å². The SMILES string of the molecule is COCCOC[C@@H](O[C@H](CO)CO[Si](C)(C)C(C)(C)C)n1ccc(=O)[nH]c1=O. The fraction of sp³-hybridized carbons (Fsp3) is 0.778. The number of nitrogens with zero attached hydrogens (tertiary/aromatic N) is 1. The largest absolute Gasteiger partial charge is 0.414 e. The van der Waals surface area contributed by atoms with E-state index < -0.39 is 31.9 Å². The lowest BCUT2D eigenvalue weighted by Gasteiger charge is -2.37. The second-order valence-corrected chi connectivity index (χ2v) is 12.9. The Morgan fingerprint density at radius 3 is 2.43 bits per heavy atom. The minimum Gasteiger partial charge on any atom is -0.414 e. The van der Waals surface area contributed by atoms with Crippen LogP contribution in [-0.2, 0) is 18.6 Å². The maximum Gasteiger partial charge on any atom is 0.330 e. The van der Waals surface area contributed by atoms with Gasteiger partial charge >= 0.3 is 5.69 Å². The van der Waals surface area contributed by atoms with Crippen LogP contribution in [0.25, 0.3) is 0 Å². The molecule has 0 aliphatic rings. The van der Waals surface area contributed by atoms with Crippen LogP contribution in [0.1, 0.15) is 27.0 Å². The summed E-state index contributed by atoms with van der Waals surface area (Å²) < 4.78 is 23.7. The van der Waals surface area contributed by atoms with Crippen molar-refractivity contribution in [2.75, 3.05) is 40.1 Å². The van der Waals surface area contributed by atoms with E-state index in [4.69, 9.17) is 18.6 Å². The van der Waals surface area contributed by atoms with Gasteiger partial charge in [-0.2, -0.15) is 0 Å². The number of aromatic nitrogens is 2. The Morgan fingerprint density at radius 2 is 1.89 bits per heavy atom. The number of hydrogen-bond donors (Lipinski definition) is 2. The molecular weight excluding hydrogens is 384 g/mol. The molecule has 0 radical (unpaired) electrons. The fourth-order valence-electron chi connectivity index (χ4n) is 2.04. The molecule has 0 unspecified atom stereocenters. The van der Waals surface area contributed by atoms with Crippen molar-refractivity contribution in [3.8, 4) is 0 Å². The van der Waals surface area contributed by atoms with Gasteiger partial charge in [0.1, 0.15) is 6.10 Å². The smallest absolute Gasteiger partial charge is 0.330 e. The molecule has 0 saturated heterocycles. The van der Waals surface area contributed by atoms with Gasteiger partial charge in [-0.15, -0.1) is 0 Å². The van der Waals surface area contributed by atoms with Crippen molar-refractivity contribution in [1.82, 2.24) is 9.55 Å². The monoisotopic (exact) mass is 418 g/mol. The maximum absolute atomic E-state index is 12.1. The quantitative estimate of drug-likeness (QED) is 0.386. The summed E-state index contributed by atoms with van der Waals surface area (Å²) in [7, 11) is -0.464. The second-order valence-electron chi connectivity index (χ2n) is 8.05. The highest BCUT2D eigenvalue weighted by molar-refractivity contribution is 6.74. The predicted molar refractivity (Wildman–Crippen MR) is 108 cm³/mol. The molecule has 0 bridgehead atoms. The zero-order valence-electron chi connectivity index (χ0n) is 17.7. The third kappa shape index (κ3) is 7.61. The number of hydrogen-bond acceptors (Lipinski definition) is 7. The molecule has 1 aromatic rings. The summed E-state index contributed by atoms with van der Waals surface area (Å²) in [4.78, 5) is 25.7. The van der Waals surface area contributed by atoms with Crippen LogP contribution >= 0.6 is 0 Å². The molecule has 28 heavy (non-hydrogen) atoms. The van der Waals surface area contributed by atoms with E-state index in [1.165, 1.54) is 16.8 Å². The van der Waals surface area contributed by atoms with E-state index in [1.54, 1.807) is 7.11 Å². The van der Waals surface area contributed by atoms with Gasteiger partial charge in [-0.3, -0.25) is 14.3 Å². The molecule has 1 aromatic heterocycles. The highest BCUT2D eigenvalue weighted by Crippen LogP contribution is 2.36. The molecular formula is C18H34N2O7Si. The van der Waals surface area contributed by atoms with Crippen LogP contribution in [0.3, 0.4) is 0 Å². The summed E-state index contributed by atoms with van der Waals surface area (Å²) in [6.45, 7) is 11.3. The average molecular weight is 419 g/mol. The van der Waals surface area contributed by atoms with Crippen LogP contribution < -0.4 is 11.2 Å². The molecule has 2 N–H and O–H groups in total. The summed E-state index contributed by atoms with van der Waals surface area (Å²) in [6, 6.07) is 1.23. The highest BCUT2D eigenvalue weighted by Gasteiger charge is 2.37. The maximum atomic E-state index is 12.1. The van der Waals surface area contributed by atoms with Gasteiger partial charge in [0.15, 0.2) is 14.5 Å². The molecule has 162 valence electrons. The first kappa shape index (κ1) is 24.7. The van der Waals surface area contributed by atoms with Gasteiger partial charge in [0.05, 0.1) is 33.0 Å². The van der Waals surface area contributed by atoms with Crippen molar-refractivity contribution in [2.45, 2.75) is 51.2 Å². The number of rotatable bonds is 12. The Morgan fingerprint density at radius 1 is 1.21 bits per heavy atom. The van der Waals surface area contributed by atoms with Crippen molar-refractivity contribution >= 4 is 8.32 Å². The number of aromatic amines is 1. The molecule has 9 nitrogen and oxygen atoms in total. The van der Waals surface area contributed by atoms with Crippen LogP contribution in [0.15, 0.2) is 21.9 Å². The Labute approximate surface area is 166 Å². The third-order valence-electron chi connectivity index (χ3n) is 4.84. The molecule has 1 rings (SSSR count). The number of methoxy groups -OCH3 is 1. The van der Waals surface area contributed by atoms with E-state index >= 15 is 0 Å². The minimum absolute atomic E-state index is 0.0194. The molecule has 0 spiro atoms. The van der Waals surface area contributed by atoms with Gasteiger partial charge in [-0.05, 0) is 18.1 Å². The lowest BCUT2D eigenvalue weighted by molar-refractivity contribution is -0.125. The summed E-state index contributed by atoms with van der Waals surface area (Å²) in [5.74, 6) is 0. The molecule has 1 heterocycles. The highest BCUT2D eigenvalue weighted by atomic mass is 28.4. The minimum atomic E-state index is -2.02. The number of H-pyrrole nitrogens is 1. The van der Waals surface area contributed by atoms with Crippen molar-refractivity contribution in [3.63, 3.8) is 0 Å². The summed E-state index contributed by atoms with van der Waals surface area (Å²) in [5, 5.41) is 9.77. The number of aliphatic hydroxyl groups is 1. The van der Waals surface area contributed by atoms with E-state index in [0.29, 0.717) is 13.2 Å². The van der Waals surface area contributed by atoms with Gasteiger partial charge in [-0.25, -0.2) is 4.79 Å². The number of ether oxygens (including phenoxy) is 3. The fourth-order valence-corrected chi connectivity index (χ4v) is 3.08. The van der Waals surface area contributed by atoms with Crippen LogP contribution in [-0.4, -0.2) is 69.2 Å². The van der Waals surface area contributed by atoms with Crippen LogP contribution in [0, 0.1) is 0 Å². The molecule has 0 aliphatic heterocycles. The van der Waals surface area contributed by atoms with E-state index in [0.717, 1.165) is 0 Å². The first-order valence-electron chi connectivity index (χ1n) is 9.30. The van der Waals surface area contributed by atoms with Gasteiger partial charge in [-0.1, -0.05) is 20.8 Å². The van der Waals surface area contributed by atoms with Gasteiger partial charge in [0, 0.05) is 19.4 Å². The topological polar surface area (TPSA) is 112 Å². The van der Waals surface area contributed by atoms with Crippen molar-refractivity contribution in [1.29, 1.82) is 0 Å². The van der Waals surface area contributed by atoms with Gasteiger partial charge < -0.3 is 23.7 Å². The lowest BCUT2D eigenvalue weighted by Crippen LogP contribution is -2.44. The van der Waals surface area contributed by atoms with Crippen molar-refractivity contribution < 1.29 is 23.7 Å². The Bertz CT molecular complexity index is 696. The Balaban J connectivity index is 2.90. The predicted octanol–water partition coefficient (Wildman–Crippen LogP) is 1.10. The van der Waals surface area contributed by atoms with Crippen LogP contribution in [0.2, 0.25) is 18.1 Å². The van der Waals surface area contributed by atoms with E-state index in [1.807, 2.05) is 0 Å². The normalized spacial score (nSPS) is 14.8. The first-order valence-corrected chi connectivity index (χ1v) is 12.2. The van der Waals surface area contributed by atoms with Gasteiger partial charge in [0.25, 0.3) is 5.56 Å². The first-order chi connectivity index (χ1) is 13.0. The molecule has 10 heteroatoms. The molecule has 0 amide bonds. The zero-order chi connectivity index (χ0) is 21.4. The van der Waals surface area contributed by atoms with E-state index in [9.17, 15) is 14.7 Å². The third-order valence-corrected chi connectivity index (χ3v) is 9.34. The molecule has 0 aromatic carbocycles. The number of aliphatic hydroxyl groups excluding tert-OH is 1. The molecule has 0 fully saturated rings. The van der Waals surface area contributed by atoms with E-state index in [2.05, 4.69) is 38.8 Å². The standard InChI is InChI=1S/C18H34N2O7Si/c1-18(2,3)28(5,6)26-12-14(11-21)27-16(13-25-10-9-24-4)20-8-7-15(22)19-17(20)23/h7-8,14,16,21H,9-13H2,1-6H3,(H,19,22,23)/t14-,16-/m1/s1. The summed E-state index contributed by atoms with van der Waals surface area (Å²) in [6.07, 6.45) is -0.139. The van der Waals surface area contributed by atoms with Gasteiger partial charge in [0.2, 0.25) is 0 Å². The lowest BCUT2D eigenvalue weighted by atomic mass is 10.2. The second kappa shape index (κ2) is 11.0. The molecule has 2 atom stereocenters. The Kier molecular flexibility index (Phi) is 9.74.